The Morgan fingerprint density at radius 3 is 2.16 bits per heavy atom. The van der Waals surface area contributed by atoms with Crippen LogP contribution in [0.2, 0.25) is 0 Å². The number of amides is 2. The van der Waals surface area contributed by atoms with Gasteiger partial charge in [0.15, 0.2) is 0 Å². The van der Waals surface area contributed by atoms with E-state index in [-0.39, 0.29) is 35.5 Å². The number of rotatable bonds is 7. The first kappa shape index (κ1) is 25.5. The average molecular weight is 512 g/mol. The van der Waals surface area contributed by atoms with Crippen molar-refractivity contribution in [2.24, 2.45) is 5.73 Å². The number of fused-ring (bicyclic) bond motifs is 2. The van der Waals surface area contributed by atoms with Crippen molar-refractivity contribution in [2.75, 3.05) is 0 Å². The number of piperidine rings is 1. The van der Waals surface area contributed by atoms with Crippen LogP contribution in [0.4, 0.5) is 13.2 Å². The molecular weight excluding hydrogens is 479 g/mol. The van der Waals surface area contributed by atoms with Gasteiger partial charge in [-0.3, -0.25) is 9.59 Å². The van der Waals surface area contributed by atoms with Gasteiger partial charge in [-0.05, 0) is 55.2 Å². The Kier molecular flexibility index (Phi) is 6.64. The lowest BCUT2D eigenvalue weighted by molar-refractivity contribution is -0.140. The molecule has 0 radical (unpaired) electrons. The number of carbonyl (C=O) groups excluding carboxylic acids is 2. The zero-order valence-electron chi connectivity index (χ0n) is 20.6. The average Bonchev–Trinajstić information content (AvgIpc) is 3.63. The predicted molar refractivity (Wildman–Crippen MR) is 135 cm³/mol. The lowest BCUT2D eigenvalue weighted by atomic mass is 9.91. The Labute approximate surface area is 214 Å². The van der Waals surface area contributed by atoms with E-state index in [4.69, 9.17) is 5.73 Å². The maximum atomic E-state index is 13.9. The van der Waals surface area contributed by atoms with E-state index in [1.54, 1.807) is 12.1 Å². The number of allylic oxidation sites excluding steroid dienone is 1. The van der Waals surface area contributed by atoms with E-state index in [1.807, 2.05) is 35.2 Å². The maximum Gasteiger partial charge on any atom is 0.416 e. The lowest BCUT2D eigenvalue weighted by Crippen LogP contribution is -2.58. The molecule has 2 aliphatic heterocycles. The number of nitrogens with two attached hydrogens (primary N) is 1. The Morgan fingerprint density at radius 1 is 1.03 bits per heavy atom. The molecule has 1 saturated carbocycles. The number of carbonyl (C=O) groups is 2. The third-order valence-corrected chi connectivity index (χ3v) is 8.22. The van der Waals surface area contributed by atoms with Crippen LogP contribution < -0.4 is 11.1 Å². The molecule has 3 fully saturated rings. The fourth-order valence-corrected chi connectivity index (χ4v) is 6.03. The molecule has 8 heteroatoms. The molecule has 2 saturated heterocycles. The van der Waals surface area contributed by atoms with Gasteiger partial charge in [-0.2, -0.15) is 13.2 Å². The molecule has 3 atom stereocenters. The van der Waals surface area contributed by atoms with Crippen molar-refractivity contribution in [2.45, 2.75) is 80.7 Å². The first-order valence-corrected chi connectivity index (χ1v) is 12.9. The molecule has 0 spiro atoms. The third-order valence-electron chi connectivity index (χ3n) is 8.22. The number of nitrogens with one attached hydrogen (secondary N) is 1. The van der Waals surface area contributed by atoms with Crippen molar-refractivity contribution in [3.63, 3.8) is 0 Å². The van der Waals surface area contributed by atoms with Crippen LogP contribution in [-0.2, 0) is 21.4 Å². The molecule has 5 rings (SSSR count). The van der Waals surface area contributed by atoms with Crippen LogP contribution in [0, 0.1) is 0 Å². The molecule has 3 N–H and O–H groups in total. The van der Waals surface area contributed by atoms with Crippen molar-refractivity contribution >= 4 is 17.4 Å². The van der Waals surface area contributed by atoms with Gasteiger partial charge in [0.05, 0.1) is 11.0 Å². The quantitative estimate of drug-likeness (QED) is 0.575. The van der Waals surface area contributed by atoms with Gasteiger partial charge in [0.2, 0.25) is 11.8 Å². The van der Waals surface area contributed by atoms with E-state index >= 15 is 0 Å². The maximum absolute atomic E-state index is 13.9. The van der Waals surface area contributed by atoms with Gasteiger partial charge in [0.25, 0.3) is 0 Å². The summed E-state index contributed by atoms with van der Waals surface area (Å²) in [5.74, 6) is -0.338. The minimum Gasteiger partial charge on any atom is -0.343 e. The van der Waals surface area contributed by atoms with Crippen LogP contribution in [0.3, 0.4) is 0 Å². The molecule has 2 amide bonds. The first-order chi connectivity index (χ1) is 17.6. The molecular formula is C29H32F3N3O2. The normalized spacial score (nSPS) is 24.9. The molecule has 0 aromatic heterocycles. The third kappa shape index (κ3) is 5.04. The molecule has 2 heterocycles. The van der Waals surface area contributed by atoms with Crippen molar-refractivity contribution in [3.8, 4) is 0 Å². The molecule has 2 bridgehead atoms. The predicted octanol–water partition coefficient (Wildman–Crippen LogP) is 4.50. The largest absolute Gasteiger partial charge is 0.416 e. The zero-order chi connectivity index (χ0) is 26.4. The topological polar surface area (TPSA) is 75.4 Å². The summed E-state index contributed by atoms with van der Waals surface area (Å²) in [5, 5.41) is 3.05. The van der Waals surface area contributed by atoms with E-state index in [0.29, 0.717) is 24.8 Å². The second-order valence-corrected chi connectivity index (χ2v) is 10.7. The first-order valence-electron chi connectivity index (χ1n) is 12.9. The Balaban J connectivity index is 1.36. The highest BCUT2D eigenvalue weighted by atomic mass is 19.4. The van der Waals surface area contributed by atoms with Gasteiger partial charge in [0, 0.05) is 24.5 Å². The van der Waals surface area contributed by atoms with Crippen LogP contribution in [-0.4, -0.2) is 47.1 Å². The van der Waals surface area contributed by atoms with Crippen LogP contribution in [0.1, 0.15) is 55.2 Å². The molecule has 196 valence electrons. The van der Waals surface area contributed by atoms with Crippen LogP contribution in [0.5, 0.6) is 0 Å². The van der Waals surface area contributed by atoms with Gasteiger partial charge in [-0.15, -0.1) is 0 Å². The fraction of sp³-hybridized carbons (Fsp3) is 0.448. The minimum atomic E-state index is -4.51. The summed E-state index contributed by atoms with van der Waals surface area (Å²) >= 11 is 0. The van der Waals surface area contributed by atoms with Crippen LogP contribution >= 0.6 is 0 Å². The molecule has 2 aromatic carbocycles. The number of alkyl halides is 3. The van der Waals surface area contributed by atoms with Crippen molar-refractivity contribution < 1.29 is 22.8 Å². The standard InChI is InChI=1S/C29H32F3N3O2/c1-18(29(30,31)32)20-7-9-21(10-8-20)28(13-14-28)27(37)34-25(15-19-5-3-2-4-6-19)26(36)35-23-11-12-24(35)17-22(33)16-23/h2-10,22-25H,1,11-17,33H2,(H,34,37)/t22?,23?,24?,25-/m0/s1. The van der Waals surface area contributed by atoms with Gasteiger partial charge < -0.3 is 16.0 Å². The van der Waals surface area contributed by atoms with Gasteiger partial charge in [-0.25, -0.2) is 0 Å². The minimum absolute atomic E-state index is 0.0247. The summed E-state index contributed by atoms with van der Waals surface area (Å²) in [7, 11) is 0. The second kappa shape index (κ2) is 9.63. The molecule has 3 aliphatic rings. The highest BCUT2D eigenvalue weighted by Gasteiger charge is 2.53. The Morgan fingerprint density at radius 2 is 1.62 bits per heavy atom. The van der Waals surface area contributed by atoms with E-state index in [1.165, 1.54) is 12.1 Å². The highest BCUT2D eigenvalue weighted by Crippen LogP contribution is 2.49. The number of nitrogens with zero attached hydrogens (tertiary/aromatic N) is 1. The van der Waals surface area contributed by atoms with E-state index < -0.39 is 23.2 Å². The second-order valence-electron chi connectivity index (χ2n) is 10.7. The molecule has 5 nitrogen and oxygen atoms in total. The number of hydrogen-bond donors (Lipinski definition) is 2. The molecule has 1 aliphatic carbocycles. The Bertz CT molecular complexity index is 1160. The van der Waals surface area contributed by atoms with Gasteiger partial charge >= 0.3 is 6.18 Å². The molecule has 37 heavy (non-hydrogen) atoms. The summed E-state index contributed by atoms with van der Waals surface area (Å²) < 4.78 is 39.1. The summed E-state index contributed by atoms with van der Waals surface area (Å²) in [6.07, 6.45) is 0.405. The monoisotopic (exact) mass is 511 g/mol. The molecule has 2 aromatic rings. The summed E-state index contributed by atoms with van der Waals surface area (Å²) in [5.41, 5.74) is 6.02. The van der Waals surface area contributed by atoms with Crippen molar-refractivity contribution in [3.05, 3.63) is 77.9 Å². The van der Waals surface area contributed by atoms with Crippen LogP contribution in [0.25, 0.3) is 5.57 Å². The zero-order valence-corrected chi connectivity index (χ0v) is 20.6. The smallest absolute Gasteiger partial charge is 0.343 e. The van der Waals surface area contributed by atoms with E-state index in [0.717, 1.165) is 31.2 Å². The molecule has 2 unspecified atom stereocenters. The van der Waals surface area contributed by atoms with E-state index in [9.17, 15) is 22.8 Å². The van der Waals surface area contributed by atoms with Crippen molar-refractivity contribution in [1.82, 2.24) is 10.2 Å². The number of benzene rings is 2. The van der Waals surface area contributed by atoms with Gasteiger partial charge in [0.1, 0.15) is 6.04 Å². The lowest BCUT2D eigenvalue weighted by Gasteiger charge is -2.40. The fourth-order valence-electron chi connectivity index (χ4n) is 6.03. The van der Waals surface area contributed by atoms with Crippen molar-refractivity contribution in [1.29, 1.82) is 0 Å². The number of halogens is 3. The summed E-state index contributed by atoms with van der Waals surface area (Å²) in [4.78, 5) is 29.4. The van der Waals surface area contributed by atoms with Crippen LogP contribution in [0.15, 0.2) is 61.2 Å². The summed E-state index contributed by atoms with van der Waals surface area (Å²) in [6.45, 7) is 3.15. The SMILES string of the molecule is C=C(c1ccc(C2(C(=O)N[C@@H](Cc3ccccc3)C(=O)N3C4CCC3CC(N)C4)CC2)cc1)C(F)(F)F. The van der Waals surface area contributed by atoms with E-state index in [2.05, 4.69) is 11.9 Å². The van der Waals surface area contributed by atoms with Gasteiger partial charge in [-0.1, -0.05) is 61.2 Å². The Hall–Kier alpha value is -3.13. The summed E-state index contributed by atoms with van der Waals surface area (Å²) in [6, 6.07) is 15.0. The number of hydrogen-bond acceptors (Lipinski definition) is 3. The highest BCUT2D eigenvalue weighted by molar-refractivity contribution is 5.95.